The van der Waals surface area contributed by atoms with Crippen molar-refractivity contribution in [3.63, 3.8) is 0 Å². The zero-order chi connectivity index (χ0) is 27.8. The van der Waals surface area contributed by atoms with Crippen LogP contribution >= 0.6 is 11.3 Å². The smallest absolute Gasteiger partial charge is 0.332 e. The molecule has 2 atom stereocenters. The molecule has 4 heterocycles. The lowest BCUT2D eigenvalue weighted by Gasteiger charge is -2.23. The van der Waals surface area contributed by atoms with Crippen LogP contribution in [0.2, 0.25) is 0 Å². The molecule has 0 saturated carbocycles. The minimum Gasteiger partial charge on any atom is -0.496 e. The molecule has 1 saturated heterocycles. The third-order valence-electron chi connectivity index (χ3n) is 6.80. The lowest BCUT2D eigenvalue weighted by molar-refractivity contribution is -0.126. The highest BCUT2D eigenvalue weighted by Crippen LogP contribution is 2.34. The van der Waals surface area contributed by atoms with Gasteiger partial charge in [0.15, 0.2) is 0 Å². The Balaban J connectivity index is 1.75. The number of rotatable bonds is 9. The number of carbonyl (C=O) groups excluding carboxylic acids is 1. The number of benzene rings is 1. The molecule has 1 amide bonds. The summed E-state index contributed by atoms with van der Waals surface area (Å²) in [6.45, 7) is 1.44. The number of hydrogen-bond acceptors (Lipinski definition) is 9. The maximum Gasteiger partial charge on any atom is 0.332 e. The molecule has 0 aliphatic carbocycles. The first-order valence-corrected chi connectivity index (χ1v) is 13.0. The molecule has 0 bridgehead atoms. The number of fused-ring (bicyclic) bond motifs is 1. The summed E-state index contributed by atoms with van der Waals surface area (Å²) in [5, 5.41) is 18.7. The molecule has 14 heteroatoms. The van der Waals surface area contributed by atoms with Crippen LogP contribution in [0.1, 0.15) is 29.7 Å². The van der Waals surface area contributed by atoms with Gasteiger partial charge in [0.05, 0.1) is 50.7 Å². The summed E-state index contributed by atoms with van der Waals surface area (Å²) in [5.74, 6) is -0.365. The second kappa shape index (κ2) is 10.7. The van der Waals surface area contributed by atoms with Gasteiger partial charge in [0.25, 0.3) is 5.56 Å². The maximum absolute atomic E-state index is 14.3. The first-order chi connectivity index (χ1) is 18.7. The number of aryl methyl sites for hydroxylation is 1. The van der Waals surface area contributed by atoms with Gasteiger partial charge in [0, 0.05) is 31.1 Å². The number of aromatic nitrogens is 5. The van der Waals surface area contributed by atoms with Crippen molar-refractivity contribution in [2.45, 2.75) is 32.0 Å². The van der Waals surface area contributed by atoms with Crippen LogP contribution in [0.15, 0.2) is 40.2 Å². The Morgan fingerprint density at radius 3 is 2.62 bits per heavy atom. The molecule has 0 unspecified atom stereocenters. The van der Waals surface area contributed by atoms with Gasteiger partial charge in [0.2, 0.25) is 5.91 Å². The standard InChI is InChI=1S/C25H27FN6O6S/c1-14-21-22(35)31(16-11-20(34)29(2)12-16)25(36)30(24(21)39-23(14)32-27-6-7-28-32)13-19(38-9-8-33)17-10-15(26)4-5-18(17)37-3/h4-7,10,16,19,33H,8-9,11-13H2,1-3H3/t16-,19-/m0/s1. The van der Waals surface area contributed by atoms with E-state index >= 15 is 0 Å². The van der Waals surface area contributed by atoms with Gasteiger partial charge in [-0.1, -0.05) is 11.3 Å². The number of likely N-dealkylation sites (tertiary alicyclic amines) is 1. The Bertz CT molecular complexity index is 1650. The van der Waals surface area contributed by atoms with Crippen molar-refractivity contribution in [2.75, 3.05) is 33.9 Å². The van der Waals surface area contributed by atoms with E-state index in [-0.39, 0.29) is 38.6 Å². The largest absolute Gasteiger partial charge is 0.496 e. The molecule has 1 aliphatic heterocycles. The van der Waals surface area contributed by atoms with Crippen LogP contribution in [0.5, 0.6) is 5.75 Å². The molecule has 0 spiro atoms. The second-order valence-electron chi connectivity index (χ2n) is 9.20. The fraction of sp³-hybridized carbons (Fsp3) is 0.400. The van der Waals surface area contributed by atoms with Gasteiger partial charge < -0.3 is 19.5 Å². The van der Waals surface area contributed by atoms with E-state index in [1.807, 2.05) is 0 Å². The van der Waals surface area contributed by atoms with Crippen molar-refractivity contribution >= 4 is 27.5 Å². The normalized spacial score (nSPS) is 16.4. The molecule has 4 aromatic rings. The van der Waals surface area contributed by atoms with Crippen molar-refractivity contribution < 1.29 is 23.8 Å². The first-order valence-electron chi connectivity index (χ1n) is 12.2. The highest BCUT2D eigenvalue weighted by Gasteiger charge is 2.33. The van der Waals surface area contributed by atoms with E-state index < -0.39 is 29.2 Å². The number of hydrogen-bond donors (Lipinski definition) is 1. The molecular formula is C25H27FN6O6S. The Labute approximate surface area is 225 Å². The third-order valence-corrected chi connectivity index (χ3v) is 8.08. The van der Waals surface area contributed by atoms with E-state index in [1.165, 1.54) is 52.0 Å². The molecule has 1 N–H and O–H groups in total. The number of ether oxygens (including phenoxy) is 2. The summed E-state index contributed by atoms with van der Waals surface area (Å²) in [7, 11) is 3.06. The molecule has 0 radical (unpaired) electrons. The van der Waals surface area contributed by atoms with E-state index in [0.29, 0.717) is 32.1 Å². The molecule has 206 valence electrons. The fourth-order valence-electron chi connectivity index (χ4n) is 4.92. The Morgan fingerprint density at radius 2 is 1.97 bits per heavy atom. The zero-order valence-electron chi connectivity index (χ0n) is 21.5. The predicted octanol–water partition coefficient (Wildman–Crippen LogP) is 1.41. The summed E-state index contributed by atoms with van der Waals surface area (Å²) in [6, 6.07) is 3.29. The Hall–Kier alpha value is -3.88. The molecule has 1 aliphatic rings. The fourth-order valence-corrected chi connectivity index (χ4v) is 6.14. The predicted molar refractivity (Wildman–Crippen MR) is 140 cm³/mol. The van der Waals surface area contributed by atoms with Gasteiger partial charge in [-0.2, -0.15) is 10.2 Å². The number of thiophene rings is 1. The topological polar surface area (TPSA) is 134 Å². The Morgan fingerprint density at radius 1 is 1.23 bits per heavy atom. The van der Waals surface area contributed by atoms with Gasteiger partial charge in [0.1, 0.15) is 27.5 Å². The van der Waals surface area contributed by atoms with Crippen LogP contribution in [0, 0.1) is 12.7 Å². The van der Waals surface area contributed by atoms with Crippen LogP contribution in [0.25, 0.3) is 15.2 Å². The molecule has 1 aromatic carbocycles. The first kappa shape index (κ1) is 26.7. The molecule has 39 heavy (non-hydrogen) atoms. The van der Waals surface area contributed by atoms with Crippen molar-refractivity contribution in [1.82, 2.24) is 29.0 Å². The van der Waals surface area contributed by atoms with E-state index in [0.717, 1.165) is 15.9 Å². The minimum atomic E-state index is -0.920. The molecular weight excluding hydrogens is 531 g/mol. The highest BCUT2D eigenvalue weighted by molar-refractivity contribution is 7.21. The number of nitrogens with zero attached hydrogens (tertiary/aromatic N) is 6. The lowest BCUT2D eigenvalue weighted by Crippen LogP contribution is -2.43. The summed E-state index contributed by atoms with van der Waals surface area (Å²) < 4.78 is 28.2. The van der Waals surface area contributed by atoms with Gasteiger partial charge in [-0.15, -0.1) is 4.80 Å². The average molecular weight is 559 g/mol. The van der Waals surface area contributed by atoms with Crippen LogP contribution < -0.4 is 16.0 Å². The number of aliphatic hydroxyl groups excluding tert-OH is 1. The number of likely N-dealkylation sites (N-methyl/N-ethyl adjacent to an activating group) is 1. The summed E-state index contributed by atoms with van der Waals surface area (Å²) in [4.78, 5) is 43.4. The number of amides is 1. The van der Waals surface area contributed by atoms with Gasteiger partial charge in [-0.05, 0) is 25.1 Å². The third kappa shape index (κ3) is 4.75. The van der Waals surface area contributed by atoms with Crippen LogP contribution in [-0.4, -0.2) is 74.0 Å². The van der Waals surface area contributed by atoms with Crippen molar-refractivity contribution in [3.8, 4) is 10.8 Å². The summed E-state index contributed by atoms with van der Waals surface area (Å²) >= 11 is 1.16. The van der Waals surface area contributed by atoms with Gasteiger partial charge >= 0.3 is 5.69 Å². The van der Waals surface area contributed by atoms with Crippen molar-refractivity contribution in [1.29, 1.82) is 0 Å². The highest BCUT2D eigenvalue weighted by atomic mass is 32.1. The number of halogens is 1. The lowest BCUT2D eigenvalue weighted by atomic mass is 10.1. The summed E-state index contributed by atoms with van der Waals surface area (Å²) in [6.07, 6.45) is 2.10. The monoisotopic (exact) mass is 558 g/mol. The minimum absolute atomic E-state index is 0.00999. The van der Waals surface area contributed by atoms with Crippen molar-refractivity contribution in [3.05, 3.63) is 68.4 Å². The quantitative estimate of drug-likeness (QED) is 0.326. The average Bonchev–Trinajstić information content (AvgIpc) is 3.63. The SMILES string of the molecule is COc1ccc(F)cc1[C@H](Cn1c(=O)n([C@H]2CC(=O)N(C)C2)c(=O)c2c(C)c(-n3nccn3)sc21)OCCO. The van der Waals surface area contributed by atoms with Gasteiger partial charge in [-0.3, -0.25) is 18.7 Å². The summed E-state index contributed by atoms with van der Waals surface area (Å²) in [5.41, 5.74) is -0.230. The number of aliphatic hydroxyl groups is 1. The molecule has 12 nitrogen and oxygen atoms in total. The number of methoxy groups -OCH3 is 1. The maximum atomic E-state index is 14.3. The zero-order valence-corrected chi connectivity index (χ0v) is 22.4. The van der Waals surface area contributed by atoms with E-state index in [2.05, 4.69) is 10.2 Å². The second-order valence-corrected chi connectivity index (χ2v) is 10.2. The van der Waals surface area contributed by atoms with E-state index in [9.17, 15) is 23.9 Å². The van der Waals surface area contributed by atoms with Crippen molar-refractivity contribution in [2.24, 2.45) is 0 Å². The molecule has 5 rings (SSSR count). The number of carbonyl (C=O) groups is 1. The van der Waals surface area contributed by atoms with Gasteiger partial charge in [-0.25, -0.2) is 9.18 Å². The molecule has 1 fully saturated rings. The Kier molecular flexibility index (Phi) is 7.34. The van der Waals surface area contributed by atoms with E-state index in [1.54, 1.807) is 14.0 Å². The van der Waals surface area contributed by atoms with E-state index in [4.69, 9.17) is 9.47 Å². The van der Waals surface area contributed by atoms with Crippen LogP contribution in [-0.2, 0) is 16.1 Å². The van der Waals surface area contributed by atoms with Crippen LogP contribution in [0.3, 0.4) is 0 Å². The van der Waals surface area contributed by atoms with Crippen LogP contribution in [0.4, 0.5) is 4.39 Å². The molecule has 3 aromatic heterocycles.